The van der Waals surface area contributed by atoms with Crippen LogP contribution in [0.3, 0.4) is 0 Å². The Kier molecular flexibility index (Phi) is 4.40. The van der Waals surface area contributed by atoms with Gasteiger partial charge in [0.1, 0.15) is 12.9 Å². The van der Waals surface area contributed by atoms with Crippen molar-refractivity contribution in [2.45, 2.75) is 47.5 Å². The van der Waals surface area contributed by atoms with E-state index in [-0.39, 0.29) is 5.82 Å². The standard InChI is InChI=1S/C23H27FN/c1-13(2)18-8-9-20-19(12-18)11-15(4)25(7)23(20)21-10-14(3)22(24)17(6)16(21)5/h8-13H,1-7H3/q+1. The lowest BCUT2D eigenvalue weighted by Gasteiger charge is -2.15. The Morgan fingerprint density at radius 3 is 2.24 bits per heavy atom. The van der Waals surface area contributed by atoms with Crippen LogP contribution in [0.2, 0.25) is 0 Å². The molecule has 0 amide bonds. The van der Waals surface area contributed by atoms with Gasteiger partial charge in [0, 0.05) is 13.0 Å². The van der Waals surface area contributed by atoms with E-state index in [1.54, 1.807) is 0 Å². The molecular formula is C23H27FN+. The topological polar surface area (TPSA) is 3.88 Å². The average molecular weight is 336 g/mol. The molecule has 0 fully saturated rings. The number of pyridine rings is 1. The molecule has 0 saturated carbocycles. The molecular weight excluding hydrogens is 309 g/mol. The quantitative estimate of drug-likeness (QED) is 0.519. The summed E-state index contributed by atoms with van der Waals surface area (Å²) >= 11 is 0. The van der Waals surface area contributed by atoms with E-state index in [0.717, 1.165) is 22.4 Å². The van der Waals surface area contributed by atoms with E-state index in [1.165, 1.54) is 22.0 Å². The van der Waals surface area contributed by atoms with Crippen LogP contribution in [-0.2, 0) is 7.05 Å². The second-order valence-electron chi connectivity index (χ2n) is 7.50. The summed E-state index contributed by atoms with van der Waals surface area (Å²) in [6, 6.07) is 10.9. The van der Waals surface area contributed by atoms with Gasteiger partial charge in [-0.25, -0.2) is 4.39 Å². The minimum Gasteiger partial charge on any atom is -0.206 e. The van der Waals surface area contributed by atoms with Gasteiger partial charge < -0.3 is 0 Å². The number of halogens is 1. The molecule has 3 rings (SSSR count). The van der Waals surface area contributed by atoms with E-state index in [2.05, 4.69) is 56.7 Å². The van der Waals surface area contributed by atoms with Crippen molar-refractivity contribution in [1.82, 2.24) is 0 Å². The zero-order valence-electron chi connectivity index (χ0n) is 16.3. The highest BCUT2D eigenvalue weighted by molar-refractivity contribution is 5.94. The molecule has 0 aliphatic carbocycles. The Morgan fingerprint density at radius 1 is 0.920 bits per heavy atom. The van der Waals surface area contributed by atoms with Gasteiger partial charge in [-0.05, 0) is 66.5 Å². The van der Waals surface area contributed by atoms with E-state index in [0.29, 0.717) is 11.5 Å². The van der Waals surface area contributed by atoms with Gasteiger partial charge in [-0.15, -0.1) is 0 Å². The first kappa shape index (κ1) is 17.6. The molecule has 0 aliphatic rings. The van der Waals surface area contributed by atoms with E-state index in [9.17, 15) is 4.39 Å². The first-order chi connectivity index (χ1) is 11.7. The number of benzene rings is 2. The second-order valence-corrected chi connectivity index (χ2v) is 7.50. The number of aromatic nitrogens is 1. The van der Waals surface area contributed by atoms with Crippen LogP contribution in [0.1, 0.15) is 47.7 Å². The van der Waals surface area contributed by atoms with Gasteiger partial charge >= 0.3 is 0 Å². The summed E-state index contributed by atoms with van der Waals surface area (Å²) in [4.78, 5) is 0. The van der Waals surface area contributed by atoms with Gasteiger partial charge in [-0.3, -0.25) is 0 Å². The molecule has 1 nitrogen and oxygen atoms in total. The predicted octanol–water partition coefficient (Wildman–Crippen LogP) is 5.83. The molecule has 1 aromatic heterocycles. The van der Waals surface area contributed by atoms with Crippen molar-refractivity contribution in [2.75, 3.05) is 0 Å². The molecule has 0 atom stereocenters. The van der Waals surface area contributed by atoms with Crippen molar-refractivity contribution >= 4 is 10.8 Å². The first-order valence-electron chi connectivity index (χ1n) is 8.92. The summed E-state index contributed by atoms with van der Waals surface area (Å²) in [5.41, 5.74) is 7.27. The number of hydrogen-bond acceptors (Lipinski definition) is 0. The maximum absolute atomic E-state index is 14.3. The van der Waals surface area contributed by atoms with Gasteiger partial charge in [0.05, 0.1) is 10.9 Å². The van der Waals surface area contributed by atoms with Gasteiger partial charge in [0.2, 0.25) is 5.69 Å². The number of fused-ring (bicyclic) bond motifs is 1. The van der Waals surface area contributed by atoms with Crippen molar-refractivity contribution in [3.63, 3.8) is 0 Å². The summed E-state index contributed by atoms with van der Waals surface area (Å²) < 4.78 is 16.5. The van der Waals surface area contributed by atoms with Crippen molar-refractivity contribution in [1.29, 1.82) is 0 Å². The summed E-state index contributed by atoms with van der Waals surface area (Å²) in [5.74, 6) is 0.405. The Bertz CT molecular complexity index is 984. The fraction of sp³-hybridized carbons (Fsp3) is 0.348. The van der Waals surface area contributed by atoms with Crippen LogP contribution in [0.4, 0.5) is 4.39 Å². The molecule has 2 aromatic carbocycles. The Hall–Kier alpha value is -2.22. The molecule has 0 radical (unpaired) electrons. The molecule has 0 bridgehead atoms. The molecule has 2 heteroatoms. The van der Waals surface area contributed by atoms with E-state index in [1.807, 2.05) is 26.8 Å². The van der Waals surface area contributed by atoms with Crippen LogP contribution in [-0.4, -0.2) is 0 Å². The fourth-order valence-electron chi connectivity index (χ4n) is 3.58. The third-order valence-corrected chi connectivity index (χ3v) is 5.48. The van der Waals surface area contributed by atoms with Crippen molar-refractivity contribution in [3.8, 4) is 11.3 Å². The van der Waals surface area contributed by atoms with E-state index < -0.39 is 0 Å². The van der Waals surface area contributed by atoms with E-state index >= 15 is 0 Å². The highest BCUT2D eigenvalue weighted by Gasteiger charge is 2.22. The monoisotopic (exact) mass is 336 g/mol. The summed E-state index contributed by atoms with van der Waals surface area (Å²) in [7, 11) is 2.09. The van der Waals surface area contributed by atoms with Crippen molar-refractivity contribution in [3.05, 3.63) is 64.1 Å². The smallest absolute Gasteiger partial charge is 0.206 e. The number of hydrogen-bond donors (Lipinski definition) is 0. The third-order valence-electron chi connectivity index (χ3n) is 5.48. The maximum Gasteiger partial charge on any atom is 0.220 e. The van der Waals surface area contributed by atoms with Gasteiger partial charge in [0.15, 0.2) is 5.69 Å². The normalized spacial score (nSPS) is 11.6. The SMILES string of the molecule is Cc1cc(-c2c3ccc(C(C)C)cc3cc(C)[n+]2C)c(C)c(C)c1F. The van der Waals surface area contributed by atoms with Crippen LogP contribution >= 0.6 is 0 Å². The van der Waals surface area contributed by atoms with Crippen LogP contribution in [0.25, 0.3) is 22.0 Å². The third kappa shape index (κ3) is 2.84. The fourth-order valence-corrected chi connectivity index (χ4v) is 3.58. The largest absolute Gasteiger partial charge is 0.220 e. The highest BCUT2D eigenvalue weighted by atomic mass is 19.1. The summed E-state index contributed by atoms with van der Waals surface area (Å²) in [6.07, 6.45) is 0. The van der Waals surface area contributed by atoms with Gasteiger partial charge in [-0.1, -0.05) is 26.0 Å². The predicted molar refractivity (Wildman–Crippen MR) is 104 cm³/mol. The van der Waals surface area contributed by atoms with Crippen LogP contribution < -0.4 is 4.57 Å². The minimum atomic E-state index is -0.0945. The van der Waals surface area contributed by atoms with Crippen LogP contribution in [0.5, 0.6) is 0 Å². The molecule has 0 spiro atoms. The molecule has 25 heavy (non-hydrogen) atoms. The number of rotatable bonds is 2. The summed E-state index contributed by atoms with van der Waals surface area (Å²) in [5, 5.41) is 2.46. The van der Waals surface area contributed by atoms with Crippen molar-refractivity contribution in [2.24, 2.45) is 7.05 Å². The molecule has 0 unspecified atom stereocenters. The minimum absolute atomic E-state index is 0.0945. The van der Waals surface area contributed by atoms with Crippen LogP contribution in [0, 0.1) is 33.5 Å². The number of nitrogens with zero attached hydrogens (tertiary/aromatic N) is 1. The molecule has 0 saturated heterocycles. The first-order valence-corrected chi connectivity index (χ1v) is 8.92. The van der Waals surface area contributed by atoms with Crippen molar-refractivity contribution < 1.29 is 8.96 Å². The van der Waals surface area contributed by atoms with Gasteiger partial charge in [0.25, 0.3) is 0 Å². The molecule has 130 valence electrons. The maximum atomic E-state index is 14.3. The summed E-state index contributed by atoms with van der Waals surface area (Å²) in [6.45, 7) is 12.3. The van der Waals surface area contributed by atoms with Crippen LogP contribution in [0.15, 0.2) is 30.3 Å². The Balaban J connectivity index is 2.42. The van der Waals surface area contributed by atoms with E-state index in [4.69, 9.17) is 0 Å². The molecule has 1 heterocycles. The zero-order chi connectivity index (χ0) is 18.5. The lowest BCUT2D eigenvalue weighted by atomic mass is 9.92. The Labute approximate surface area is 150 Å². The lowest BCUT2D eigenvalue weighted by molar-refractivity contribution is -0.665. The van der Waals surface area contributed by atoms with Gasteiger partial charge in [-0.2, -0.15) is 4.57 Å². The average Bonchev–Trinajstić information content (AvgIpc) is 2.57. The second kappa shape index (κ2) is 6.25. The lowest BCUT2D eigenvalue weighted by Crippen LogP contribution is -2.35. The molecule has 3 aromatic rings. The zero-order valence-corrected chi connectivity index (χ0v) is 16.3. The Morgan fingerprint density at radius 2 is 1.60 bits per heavy atom. The molecule has 0 N–H and O–H groups in total. The number of aryl methyl sites for hydroxylation is 2. The highest BCUT2D eigenvalue weighted by Crippen LogP contribution is 2.33. The molecule has 0 aliphatic heterocycles.